The van der Waals surface area contributed by atoms with Crippen molar-refractivity contribution < 1.29 is 19.1 Å². The summed E-state index contributed by atoms with van der Waals surface area (Å²) < 4.78 is 10.8. The van der Waals surface area contributed by atoms with Crippen LogP contribution in [0.5, 0.6) is 11.5 Å². The van der Waals surface area contributed by atoms with Crippen LogP contribution in [-0.4, -0.2) is 42.0 Å². The summed E-state index contributed by atoms with van der Waals surface area (Å²) in [6, 6.07) is 13.5. The van der Waals surface area contributed by atoms with Crippen LogP contribution in [0.15, 0.2) is 48.5 Å². The molecule has 0 fully saturated rings. The lowest BCUT2D eigenvalue weighted by Crippen LogP contribution is -2.53. The highest BCUT2D eigenvalue weighted by Gasteiger charge is 2.28. The van der Waals surface area contributed by atoms with Crippen molar-refractivity contribution in [3.63, 3.8) is 0 Å². The van der Waals surface area contributed by atoms with Crippen molar-refractivity contribution in [1.82, 2.24) is 10.2 Å². The Labute approximate surface area is 183 Å². The van der Waals surface area contributed by atoms with Crippen LogP contribution in [0.25, 0.3) is 0 Å². The van der Waals surface area contributed by atoms with Crippen LogP contribution in [-0.2, 0) is 16.1 Å². The molecule has 2 aromatic carbocycles. The second-order valence-electron chi connectivity index (χ2n) is 8.03. The van der Waals surface area contributed by atoms with Crippen molar-refractivity contribution in [1.29, 1.82) is 0 Å². The van der Waals surface area contributed by atoms with Gasteiger partial charge in [0.2, 0.25) is 5.91 Å². The highest BCUT2D eigenvalue weighted by Crippen LogP contribution is 2.18. The Hall–Kier alpha value is -2.73. The molecule has 2 rings (SSSR count). The van der Waals surface area contributed by atoms with E-state index in [0.717, 1.165) is 5.56 Å². The number of halogens is 1. The number of nitrogens with zero attached hydrogens (tertiary/aromatic N) is 1. The lowest BCUT2D eigenvalue weighted by molar-refractivity contribution is -0.142. The topological polar surface area (TPSA) is 67.9 Å². The van der Waals surface area contributed by atoms with E-state index in [4.69, 9.17) is 21.1 Å². The first-order valence-electron chi connectivity index (χ1n) is 9.72. The molecule has 2 amide bonds. The molecular formula is C23H29ClN2O4. The van der Waals surface area contributed by atoms with Gasteiger partial charge in [-0.1, -0.05) is 23.7 Å². The molecule has 1 atom stereocenters. The smallest absolute Gasteiger partial charge is 0.261 e. The number of amides is 2. The Balaban J connectivity index is 2.14. The zero-order valence-corrected chi connectivity index (χ0v) is 18.8. The summed E-state index contributed by atoms with van der Waals surface area (Å²) in [5.41, 5.74) is 0.465. The fraction of sp³-hybridized carbons (Fsp3) is 0.391. The molecule has 0 aromatic heterocycles. The van der Waals surface area contributed by atoms with E-state index < -0.39 is 11.6 Å². The summed E-state index contributed by atoms with van der Waals surface area (Å²) in [5.74, 6) is 0.722. The van der Waals surface area contributed by atoms with Crippen molar-refractivity contribution in [2.75, 3.05) is 13.7 Å². The molecule has 0 spiro atoms. The van der Waals surface area contributed by atoms with E-state index in [1.807, 2.05) is 32.9 Å². The van der Waals surface area contributed by atoms with Gasteiger partial charge in [0.1, 0.15) is 17.5 Å². The molecule has 0 saturated carbocycles. The summed E-state index contributed by atoms with van der Waals surface area (Å²) in [7, 11) is 1.58. The minimum atomic E-state index is -0.674. The molecule has 0 bridgehead atoms. The molecule has 6 nitrogen and oxygen atoms in total. The van der Waals surface area contributed by atoms with Gasteiger partial charge in [-0.15, -0.1) is 0 Å². The van der Waals surface area contributed by atoms with Crippen molar-refractivity contribution in [3.05, 3.63) is 59.1 Å². The summed E-state index contributed by atoms with van der Waals surface area (Å²) in [6.07, 6.45) is 0. The molecular weight excluding hydrogens is 404 g/mol. The van der Waals surface area contributed by atoms with Crippen molar-refractivity contribution in [3.8, 4) is 11.5 Å². The number of nitrogens with one attached hydrogen (secondary N) is 1. The van der Waals surface area contributed by atoms with Crippen LogP contribution < -0.4 is 14.8 Å². The standard InChI is InChI=1S/C23H29ClN2O4/c1-16(22(28)25-23(2,3)4)26(14-17-6-8-18(24)9-7-17)21(27)15-30-20-12-10-19(29-5)11-13-20/h6-13,16H,14-15H2,1-5H3,(H,25,28)/t16-/m1/s1. The number of ether oxygens (including phenoxy) is 2. The maximum atomic E-state index is 13.0. The molecule has 0 aliphatic rings. The molecule has 0 aliphatic carbocycles. The molecule has 0 aliphatic heterocycles. The van der Waals surface area contributed by atoms with Gasteiger partial charge in [0.25, 0.3) is 5.91 Å². The largest absolute Gasteiger partial charge is 0.497 e. The lowest BCUT2D eigenvalue weighted by Gasteiger charge is -2.31. The van der Waals surface area contributed by atoms with E-state index in [9.17, 15) is 9.59 Å². The Morgan fingerprint density at radius 1 is 1.03 bits per heavy atom. The van der Waals surface area contributed by atoms with E-state index in [1.165, 1.54) is 4.90 Å². The Morgan fingerprint density at radius 2 is 1.60 bits per heavy atom. The van der Waals surface area contributed by atoms with E-state index in [-0.39, 0.29) is 25.0 Å². The molecule has 162 valence electrons. The minimum absolute atomic E-state index is 0.187. The third-order valence-corrected chi connectivity index (χ3v) is 4.61. The number of rotatable bonds is 8. The summed E-state index contributed by atoms with van der Waals surface area (Å²) >= 11 is 5.96. The fourth-order valence-corrected chi connectivity index (χ4v) is 2.87. The molecule has 0 heterocycles. The van der Waals surface area contributed by atoms with Gasteiger partial charge in [-0.25, -0.2) is 0 Å². The maximum Gasteiger partial charge on any atom is 0.261 e. The number of methoxy groups -OCH3 is 1. The maximum absolute atomic E-state index is 13.0. The van der Waals surface area contributed by atoms with Gasteiger partial charge >= 0.3 is 0 Å². The van der Waals surface area contributed by atoms with Crippen molar-refractivity contribution >= 4 is 23.4 Å². The Kier molecular flexibility index (Phi) is 8.12. The predicted molar refractivity (Wildman–Crippen MR) is 118 cm³/mol. The summed E-state index contributed by atoms with van der Waals surface area (Å²) in [6.45, 7) is 7.48. The van der Waals surface area contributed by atoms with Gasteiger partial charge in [0.15, 0.2) is 6.61 Å². The van der Waals surface area contributed by atoms with E-state index in [1.54, 1.807) is 50.4 Å². The number of hydrogen-bond donors (Lipinski definition) is 1. The normalized spacial score (nSPS) is 12.1. The van der Waals surface area contributed by atoms with Crippen LogP contribution in [0.2, 0.25) is 5.02 Å². The van der Waals surface area contributed by atoms with Gasteiger partial charge in [-0.3, -0.25) is 9.59 Å². The third-order valence-electron chi connectivity index (χ3n) is 4.35. The number of carbonyl (C=O) groups excluding carboxylic acids is 2. The number of benzene rings is 2. The molecule has 0 radical (unpaired) electrons. The van der Waals surface area contributed by atoms with E-state index in [2.05, 4.69) is 5.32 Å². The van der Waals surface area contributed by atoms with Gasteiger partial charge in [0.05, 0.1) is 7.11 Å². The SMILES string of the molecule is COc1ccc(OCC(=O)N(Cc2ccc(Cl)cc2)[C@H](C)C(=O)NC(C)(C)C)cc1. The van der Waals surface area contributed by atoms with Gasteiger partial charge in [-0.2, -0.15) is 0 Å². The van der Waals surface area contributed by atoms with Crippen molar-refractivity contribution in [2.45, 2.75) is 45.8 Å². The molecule has 0 saturated heterocycles. The zero-order valence-electron chi connectivity index (χ0n) is 18.1. The van der Waals surface area contributed by atoms with Crippen LogP contribution in [0.4, 0.5) is 0 Å². The monoisotopic (exact) mass is 432 g/mol. The highest BCUT2D eigenvalue weighted by molar-refractivity contribution is 6.30. The molecule has 7 heteroatoms. The summed E-state index contributed by atoms with van der Waals surface area (Å²) in [4.78, 5) is 27.2. The minimum Gasteiger partial charge on any atom is -0.497 e. The first kappa shape index (κ1) is 23.5. The van der Waals surface area contributed by atoms with Gasteiger partial charge in [-0.05, 0) is 69.7 Å². The Morgan fingerprint density at radius 3 is 2.13 bits per heavy atom. The average molecular weight is 433 g/mol. The quantitative estimate of drug-likeness (QED) is 0.683. The van der Waals surface area contributed by atoms with E-state index in [0.29, 0.717) is 16.5 Å². The first-order valence-corrected chi connectivity index (χ1v) is 10.1. The second-order valence-corrected chi connectivity index (χ2v) is 8.46. The predicted octanol–water partition coefficient (Wildman–Crippen LogP) is 4.06. The highest BCUT2D eigenvalue weighted by atomic mass is 35.5. The van der Waals surface area contributed by atoms with Crippen LogP contribution >= 0.6 is 11.6 Å². The zero-order chi connectivity index (χ0) is 22.3. The third kappa shape index (κ3) is 7.26. The average Bonchev–Trinajstić information content (AvgIpc) is 2.70. The first-order chi connectivity index (χ1) is 14.1. The van der Waals surface area contributed by atoms with Gasteiger partial charge < -0.3 is 19.7 Å². The number of hydrogen-bond acceptors (Lipinski definition) is 4. The van der Waals surface area contributed by atoms with Crippen LogP contribution in [0.3, 0.4) is 0 Å². The van der Waals surface area contributed by atoms with Crippen molar-refractivity contribution in [2.24, 2.45) is 0 Å². The van der Waals surface area contributed by atoms with Crippen LogP contribution in [0.1, 0.15) is 33.3 Å². The van der Waals surface area contributed by atoms with E-state index >= 15 is 0 Å². The molecule has 30 heavy (non-hydrogen) atoms. The number of carbonyl (C=O) groups is 2. The van der Waals surface area contributed by atoms with Crippen LogP contribution in [0, 0.1) is 0 Å². The molecule has 2 aromatic rings. The Bertz CT molecular complexity index is 845. The molecule has 1 N–H and O–H groups in total. The second kappa shape index (κ2) is 10.3. The fourth-order valence-electron chi connectivity index (χ4n) is 2.74. The molecule has 0 unspecified atom stereocenters. The lowest BCUT2D eigenvalue weighted by atomic mass is 10.1. The van der Waals surface area contributed by atoms with Gasteiger partial charge in [0, 0.05) is 17.1 Å². The summed E-state index contributed by atoms with van der Waals surface area (Å²) in [5, 5.41) is 3.54.